The molecule has 0 atom stereocenters. The van der Waals surface area contributed by atoms with Crippen molar-refractivity contribution in [3.05, 3.63) is 60.3 Å². The maximum atomic E-state index is 12.9. The third kappa shape index (κ3) is 3.24. The lowest BCUT2D eigenvalue weighted by molar-refractivity contribution is 0.314. The predicted octanol–water partition coefficient (Wildman–Crippen LogP) is 3.76. The van der Waals surface area contributed by atoms with Crippen molar-refractivity contribution in [1.82, 2.24) is 8.87 Å². The molecular weight excluding hydrogens is 360 g/mol. The predicted molar refractivity (Wildman–Crippen MR) is 107 cm³/mol. The number of hydrogen-bond acceptors (Lipinski definition) is 3. The second-order valence-electron chi connectivity index (χ2n) is 7.04. The van der Waals surface area contributed by atoms with Crippen molar-refractivity contribution in [2.75, 3.05) is 20.2 Å². The first-order chi connectivity index (χ1) is 13.0. The molecule has 1 aliphatic rings. The van der Waals surface area contributed by atoms with Crippen molar-refractivity contribution >= 4 is 20.9 Å². The van der Waals surface area contributed by atoms with E-state index in [0.29, 0.717) is 29.7 Å². The van der Waals surface area contributed by atoms with Crippen LogP contribution in [0.2, 0.25) is 0 Å². The van der Waals surface area contributed by atoms with Gasteiger partial charge in [0.15, 0.2) is 0 Å². The van der Waals surface area contributed by atoms with Gasteiger partial charge in [0.25, 0.3) is 0 Å². The average molecular weight is 385 g/mol. The number of aryl methyl sites for hydroxylation is 1. The zero-order valence-electron chi connectivity index (χ0n) is 15.6. The molecule has 0 bridgehead atoms. The lowest BCUT2D eigenvalue weighted by Crippen LogP contribution is -2.38. The first kappa shape index (κ1) is 18.1. The Morgan fingerprint density at radius 3 is 2.30 bits per heavy atom. The smallest absolute Gasteiger partial charge is 0.243 e. The Morgan fingerprint density at radius 2 is 1.67 bits per heavy atom. The zero-order valence-corrected chi connectivity index (χ0v) is 16.4. The van der Waals surface area contributed by atoms with E-state index in [0.717, 1.165) is 12.8 Å². The van der Waals surface area contributed by atoms with Crippen molar-refractivity contribution in [2.45, 2.75) is 23.7 Å². The van der Waals surface area contributed by atoms with E-state index in [1.165, 1.54) is 16.6 Å². The third-order valence-electron chi connectivity index (χ3n) is 5.56. The Morgan fingerprint density at radius 1 is 1.00 bits per heavy atom. The van der Waals surface area contributed by atoms with Crippen LogP contribution in [0.4, 0.5) is 0 Å². The first-order valence-corrected chi connectivity index (χ1v) is 10.6. The van der Waals surface area contributed by atoms with Gasteiger partial charge in [-0.25, -0.2) is 8.42 Å². The SMILES string of the molecule is COc1ccc(S(=O)(=O)N2CCC(c3cc4ccccc4n3C)CC2)cc1. The van der Waals surface area contributed by atoms with Gasteiger partial charge in [0.1, 0.15) is 5.75 Å². The number of ether oxygens (including phenoxy) is 1. The number of aromatic nitrogens is 1. The summed E-state index contributed by atoms with van der Waals surface area (Å²) < 4.78 is 34.8. The van der Waals surface area contributed by atoms with E-state index < -0.39 is 10.0 Å². The highest BCUT2D eigenvalue weighted by molar-refractivity contribution is 7.89. The number of hydrogen-bond donors (Lipinski definition) is 0. The molecule has 0 unspecified atom stereocenters. The molecule has 27 heavy (non-hydrogen) atoms. The van der Waals surface area contributed by atoms with Crippen LogP contribution in [0, 0.1) is 0 Å². The van der Waals surface area contributed by atoms with Crippen molar-refractivity contribution in [3.8, 4) is 5.75 Å². The Kier molecular flexibility index (Phi) is 4.70. The highest BCUT2D eigenvalue weighted by atomic mass is 32.2. The van der Waals surface area contributed by atoms with Gasteiger partial charge < -0.3 is 9.30 Å². The van der Waals surface area contributed by atoms with Crippen LogP contribution in [0.3, 0.4) is 0 Å². The number of methoxy groups -OCH3 is 1. The Balaban J connectivity index is 1.51. The quantitative estimate of drug-likeness (QED) is 0.688. The summed E-state index contributed by atoms with van der Waals surface area (Å²) in [6.07, 6.45) is 1.67. The Bertz CT molecular complexity index is 1050. The minimum atomic E-state index is -3.46. The zero-order chi connectivity index (χ0) is 19.0. The molecule has 0 N–H and O–H groups in total. The fraction of sp³-hybridized carbons (Fsp3) is 0.333. The van der Waals surface area contributed by atoms with E-state index in [4.69, 9.17) is 4.74 Å². The monoisotopic (exact) mass is 384 g/mol. The van der Waals surface area contributed by atoms with Gasteiger partial charge in [-0.3, -0.25) is 0 Å². The van der Waals surface area contributed by atoms with Crippen LogP contribution < -0.4 is 4.74 Å². The fourth-order valence-electron chi connectivity index (χ4n) is 3.99. The van der Waals surface area contributed by atoms with Gasteiger partial charge >= 0.3 is 0 Å². The Hall–Kier alpha value is -2.31. The molecule has 0 saturated carbocycles. The normalized spacial score (nSPS) is 16.7. The maximum absolute atomic E-state index is 12.9. The lowest BCUT2D eigenvalue weighted by atomic mass is 9.94. The summed E-state index contributed by atoms with van der Waals surface area (Å²) in [6.45, 7) is 1.08. The summed E-state index contributed by atoms with van der Waals surface area (Å²) >= 11 is 0. The van der Waals surface area contributed by atoms with E-state index in [1.807, 2.05) is 0 Å². The largest absolute Gasteiger partial charge is 0.497 e. The van der Waals surface area contributed by atoms with Gasteiger partial charge in [0, 0.05) is 37.3 Å². The lowest BCUT2D eigenvalue weighted by Gasteiger charge is -2.31. The average Bonchev–Trinajstić information content (AvgIpc) is 3.05. The summed E-state index contributed by atoms with van der Waals surface area (Å²) in [6, 6.07) is 17.2. The van der Waals surface area contributed by atoms with Crippen LogP contribution in [-0.4, -0.2) is 37.5 Å². The highest BCUT2D eigenvalue weighted by Crippen LogP contribution is 2.33. The summed E-state index contributed by atoms with van der Waals surface area (Å²) in [5, 5.41) is 1.24. The molecule has 1 aliphatic heterocycles. The van der Waals surface area contributed by atoms with Crippen molar-refractivity contribution in [2.24, 2.45) is 7.05 Å². The molecule has 2 aromatic carbocycles. The molecule has 6 heteroatoms. The molecule has 0 aliphatic carbocycles. The number of piperidine rings is 1. The van der Waals surface area contributed by atoms with Crippen LogP contribution >= 0.6 is 0 Å². The van der Waals surface area contributed by atoms with E-state index in [2.05, 4.69) is 41.9 Å². The minimum absolute atomic E-state index is 0.325. The van der Waals surface area contributed by atoms with Gasteiger partial charge in [0.2, 0.25) is 10.0 Å². The fourth-order valence-corrected chi connectivity index (χ4v) is 5.46. The molecule has 0 spiro atoms. The molecule has 2 heterocycles. The number of para-hydroxylation sites is 1. The van der Waals surface area contributed by atoms with Crippen LogP contribution in [0.15, 0.2) is 59.5 Å². The van der Waals surface area contributed by atoms with Gasteiger partial charge in [0.05, 0.1) is 12.0 Å². The Labute approximate surface area is 160 Å². The molecule has 1 fully saturated rings. The van der Waals surface area contributed by atoms with E-state index in [9.17, 15) is 8.42 Å². The third-order valence-corrected chi connectivity index (χ3v) is 7.47. The van der Waals surface area contributed by atoms with Crippen molar-refractivity contribution < 1.29 is 13.2 Å². The number of nitrogens with zero attached hydrogens (tertiary/aromatic N) is 2. The molecule has 4 rings (SSSR count). The second-order valence-corrected chi connectivity index (χ2v) is 8.98. The van der Waals surface area contributed by atoms with Crippen molar-refractivity contribution in [1.29, 1.82) is 0 Å². The summed E-state index contributed by atoms with van der Waals surface area (Å²) in [4.78, 5) is 0.325. The first-order valence-electron chi connectivity index (χ1n) is 9.19. The number of fused-ring (bicyclic) bond motifs is 1. The minimum Gasteiger partial charge on any atom is -0.497 e. The number of rotatable bonds is 4. The summed E-state index contributed by atoms with van der Waals surface area (Å²) in [5.74, 6) is 1.04. The maximum Gasteiger partial charge on any atom is 0.243 e. The van der Waals surface area contributed by atoms with Crippen LogP contribution in [0.25, 0.3) is 10.9 Å². The van der Waals surface area contributed by atoms with Crippen LogP contribution in [0.5, 0.6) is 5.75 Å². The second kappa shape index (κ2) is 7.02. The molecule has 0 amide bonds. The highest BCUT2D eigenvalue weighted by Gasteiger charge is 2.31. The molecule has 1 saturated heterocycles. The number of sulfonamides is 1. The molecule has 5 nitrogen and oxygen atoms in total. The summed E-state index contributed by atoms with van der Waals surface area (Å²) in [5.41, 5.74) is 2.51. The van der Waals surface area contributed by atoms with Gasteiger partial charge in [-0.2, -0.15) is 4.31 Å². The molecule has 0 radical (unpaired) electrons. The molecular formula is C21H24N2O3S. The standard InChI is InChI=1S/C21H24N2O3S/c1-22-20-6-4-3-5-17(20)15-21(22)16-11-13-23(14-12-16)27(24,25)19-9-7-18(26-2)8-10-19/h3-10,15-16H,11-14H2,1-2H3. The molecule has 142 valence electrons. The van der Waals surface area contributed by atoms with Gasteiger partial charge in [-0.05, 0) is 54.6 Å². The van der Waals surface area contributed by atoms with E-state index in [-0.39, 0.29) is 0 Å². The van der Waals surface area contributed by atoms with E-state index in [1.54, 1.807) is 35.7 Å². The molecule has 3 aromatic rings. The van der Waals surface area contributed by atoms with Gasteiger partial charge in [-0.1, -0.05) is 18.2 Å². The van der Waals surface area contributed by atoms with Gasteiger partial charge in [-0.15, -0.1) is 0 Å². The van der Waals surface area contributed by atoms with Crippen LogP contribution in [0.1, 0.15) is 24.5 Å². The van der Waals surface area contributed by atoms with Crippen molar-refractivity contribution in [3.63, 3.8) is 0 Å². The number of benzene rings is 2. The summed E-state index contributed by atoms with van der Waals surface area (Å²) in [7, 11) is 0.210. The molecule has 1 aromatic heterocycles. The van der Waals surface area contributed by atoms with E-state index >= 15 is 0 Å². The van der Waals surface area contributed by atoms with Crippen LogP contribution in [-0.2, 0) is 17.1 Å². The topological polar surface area (TPSA) is 51.5 Å².